The predicted molar refractivity (Wildman–Crippen MR) is 72.5 cm³/mol. The van der Waals surface area contributed by atoms with Gasteiger partial charge < -0.3 is 0 Å². The van der Waals surface area contributed by atoms with Gasteiger partial charge in [0.05, 0.1) is 5.69 Å². The Balaban J connectivity index is 2.23. The summed E-state index contributed by atoms with van der Waals surface area (Å²) in [6.45, 7) is 1.86. The Morgan fingerprint density at radius 3 is 2.90 bits per heavy atom. The molecule has 0 bridgehead atoms. The Hall–Kier alpha value is -2.41. The van der Waals surface area contributed by atoms with Crippen LogP contribution in [0.4, 0.5) is 4.39 Å². The van der Waals surface area contributed by atoms with Crippen molar-refractivity contribution >= 4 is 17.6 Å². The van der Waals surface area contributed by atoms with E-state index in [2.05, 4.69) is 15.3 Å². The van der Waals surface area contributed by atoms with Crippen molar-refractivity contribution in [3.63, 3.8) is 0 Å². The van der Waals surface area contributed by atoms with Gasteiger partial charge in [-0.1, -0.05) is 17.3 Å². The molecular formula is C13H9FN4OS. The maximum Gasteiger partial charge on any atom is 0.212 e. The molecule has 0 aliphatic heterocycles. The van der Waals surface area contributed by atoms with Gasteiger partial charge in [-0.05, 0) is 19.1 Å². The summed E-state index contributed by atoms with van der Waals surface area (Å²) in [5.41, 5.74) is 1.97. The number of aromatic nitrogens is 4. The van der Waals surface area contributed by atoms with E-state index in [1.54, 1.807) is 12.1 Å². The van der Waals surface area contributed by atoms with Gasteiger partial charge in [0.2, 0.25) is 5.13 Å². The van der Waals surface area contributed by atoms with Crippen molar-refractivity contribution in [1.82, 2.24) is 20.0 Å². The van der Waals surface area contributed by atoms with Crippen molar-refractivity contribution in [3.8, 4) is 16.4 Å². The molecule has 5 nitrogen and oxygen atoms in total. The molecule has 0 amide bonds. The molecule has 3 aromatic rings. The Morgan fingerprint density at radius 2 is 2.25 bits per heavy atom. The zero-order chi connectivity index (χ0) is 14.1. The van der Waals surface area contributed by atoms with Gasteiger partial charge in [-0.15, -0.1) is 16.4 Å². The smallest absolute Gasteiger partial charge is 0.212 e. The number of benzene rings is 1. The van der Waals surface area contributed by atoms with E-state index in [-0.39, 0.29) is 11.5 Å². The highest BCUT2D eigenvalue weighted by molar-refractivity contribution is 7.12. The van der Waals surface area contributed by atoms with Gasteiger partial charge in [0, 0.05) is 10.9 Å². The van der Waals surface area contributed by atoms with Crippen LogP contribution in [0.2, 0.25) is 0 Å². The molecule has 20 heavy (non-hydrogen) atoms. The van der Waals surface area contributed by atoms with E-state index in [1.807, 2.05) is 12.3 Å². The molecule has 7 heteroatoms. The summed E-state index contributed by atoms with van der Waals surface area (Å²) in [4.78, 5) is 15.4. The maximum absolute atomic E-state index is 13.4. The van der Waals surface area contributed by atoms with Crippen molar-refractivity contribution in [3.05, 3.63) is 46.9 Å². The molecule has 0 fully saturated rings. The molecule has 0 atom stereocenters. The highest BCUT2D eigenvalue weighted by atomic mass is 32.1. The number of thiazole rings is 1. The topological polar surface area (TPSA) is 60.7 Å². The van der Waals surface area contributed by atoms with Gasteiger partial charge in [0.1, 0.15) is 11.5 Å². The monoisotopic (exact) mass is 288 g/mol. The highest BCUT2D eigenvalue weighted by Gasteiger charge is 2.18. The number of carbonyl (C=O) groups excluding carboxylic acids is 1. The van der Waals surface area contributed by atoms with E-state index in [0.29, 0.717) is 22.7 Å². The number of halogens is 1. The first kappa shape index (κ1) is 12.6. The minimum atomic E-state index is -0.387. The maximum atomic E-state index is 13.4. The van der Waals surface area contributed by atoms with Crippen LogP contribution < -0.4 is 0 Å². The van der Waals surface area contributed by atoms with Crippen molar-refractivity contribution in [2.75, 3.05) is 0 Å². The van der Waals surface area contributed by atoms with E-state index in [0.717, 1.165) is 5.69 Å². The van der Waals surface area contributed by atoms with E-state index in [4.69, 9.17) is 0 Å². The number of hydrogen-bond donors (Lipinski definition) is 0. The summed E-state index contributed by atoms with van der Waals surface area (Å²) >= 11 is 1.38. The van der Waals surface area contributed by atoms with E-state index in [9.17, 15) is 9.18 Å². The molecule has 0 saturated carbocycles. The second-order valence-corrected chi connectivity index (χ2v) is 4.97. The third-order valence-electron chi connectivity index (χ3n) is 2.69. The van der Waals surface area contributed by atoms with Crippen molar-refractivity contribution in [2.24, 2.45) is 0 Å². The summed E-state index contributed by atoms with van der Waals surface area (Å²) in [5.74, 6) is -0.387. The second-order valence-electron chi connectivity index (χ2n) is 4.13. The summed E-state index contributed by atoms with van der Waals surface area (Å²) in [6, 6.07) is 5.95. The lowest BCUT2D eigenvalue weighted by Gasteiger charge is -2.03. The fraction of sp³-hybridized carbons (Fsp3) is 0.0769. The lowest BCUT2D eigenvalue weighted by Crippen LogP contribution is -2.00. The van der Waals surface area contributed by atoms with Crippen LogP contribution in [0, 0.1) is 12.7 Å². The van der Waals surface area contributed by atoms with E-state index < -0.39 is 0 Å². The van der Waals surface area contributed by atoms with Crippen molar-refractivity contribution in [1.29, 1.82) is 0 Å². The minimum absolute atomic E-state index is 0.156. The molecule has 0 spiro atoms. The Bertz CT molecular complexity index is 780. The highest BCUT2D eigenvalue weighted by Crippen LogP contribution is 2.26. The first-order valence-corrected chi connectivity index (χ1v) is 6.66. The Labute approximate surface area is 117 Å². The number of aldehydes is 1. The fourth-order valence-electron chi connectivity index (χ4n) is 1.85. The lowest BCUT2D eigenvalue weighted by molar-refractivity contribution is 0.111. The van der Waals surface area contributed by atoms with Gasteiger partial charge >= 0.3 is 0 Å². The molecular weight excluding hydrogens is 279 g/mol. The average Bonchev–Trinajstić information content (AvgIpc) is 3.04. The largest absolute Gasteiger partial charge is 0.296 e. The summed E-state index contributed by atoms with van der Waals surface area (Å²) in [6.07, 6.45) is 0.601. The molecule has 2 heterocycles. The molecule has 0 aliphatic carbocycles. The third-order valence-corrected chi connectivity index (χ3v) is 3.63. The summed E-state index contributed by atoms with van der Waals surface area (Å²) < 4.78 is 14.8. The van der Waals surface area contributed by atoms with Crippen LogP contribution in [-0.2, 0) is 0 Å². The summed E-state index contributed by atoms with van der Waals surface area (Å²) in [7, 11) is 0. The normalized spacial score (nSPS) is 10.7. The molecule has 0 aliphatic rings. The van der Waals surface area contributed by atoms with Gasteiger partial charge in [0.15, 0.2) is 12.0 Å². The quantitative estimate of drug-likeness (QED) is 0.695. The molecule has 100 valence electrons. The number of carbonyl (C=O) groups is 1. The molecule has 0 unspecified atom stereocenters. The molecule has 0 N–H and O–H groups in total. The van der Waals surface area contributed by atoms with Crippen LogP contribution >= 0.6 is 11.3 Å². The van der Waals surface area contributed by atoms with Crippen molar-refractivity contribution in [2.45, 2.75) is 6.92 Å². The Morgan fingerprint density at radius 1 is 1.40 bits per heavy atom. The van der Waals surface area contributed by atoms with Crippen LogP contribution in [0.3, 0.4) is 0 Å². The van der Waals surface area contributed by atoms with Crippen LogP contribution in [-0.4, -0.2) is 26.3 Å². The van der Waals surface area contributed by atoms with E-state index in [1.165, 1.54) is 28.2 Å². The van der Waals surface area contributed by atoms with Crippen LogP contribution in [0.1, 0.15) is 16.2 Å². The molecule has 1 aromatic carbocycles. The molecule has 2 aromatic heterocycles. The van der Waals surface area contributed by atoms with Crippen molar-refractivity contribution < 1.29 is 9.18 Å². The Kier molecular flexibility index (Phi) is 3.11. The second kappa shape index (κ2) is 4.93. The predicted octanol–water partition coefficient (Wildman–Crippen LogP) is 2.65. The van der Waals surface area contributed by atoms with Gasteiger partial charge in [-0.3, -0.25) is 4.79 Å². The van der Waals surface area contributed by atoms with Crippen LogP contribution in [0.15, 0.2) is 29.6 Å². The zero-order valence-corrected chi connectivity index (χ0v) is 11.3. The number of aryl methyl sites for hydroxylation is 1. The fourth-order valence-corrected chi connectivity index (χ4v) is 2.60. The third kappa shape index (κ3) is 2.12. The van der Waals surface area contributed by atoms with E-state index >= 15 is 0 Å². The zero-order valence-electron chi connectivity index (χ0n) is 10.4. The summed E-state index contributed by atoms with van der Waals surface area (Å²) in [5, 5.41) is 10.2. The molecule has 0 radical (unpaired) electrons. The SMILES string of the molecule is Cc1csc(-n2nnc(C=O)c2-c2cccc(F)c2)n1. The van der Waals surface area contributed by atoms with Gasteiger partial charge in [0.25, 0.3) is 0 Å². The first-order valence-electron chi connectivity index (χ1n) is 5.78. The first-order chi connectivity index (χ1) is 9.69. The minimum Gasteiger partial charge on any atom is -0.296 e. The standard InChI is InChI=1S/C13H9FN4OS/c1-8-7-20-13(15-8)18-12(11(6-19)16-17-18)9-3-2-4-10(14)5-9/h2-7H,1H3. The van der Waals surface area contributed by atoms with Crippen LogP contribution in [0.25, 0.3) is 16.4 Å². The van der Waals surface area contributed by atoms with Gasteiger partial charge in [-0.25, -0.2) is 9.37 Å². The van der Waals surface area contributed by atoms with Crippen LogP contribution in [0.5, 0.6) is 0 Å². The number of nitrogens with zero attached hydrogens (tertiary/aromatic N) is 4. The molecule has 0 saturated heterocycles. The lowest BCUT2D eigenvalue weighted by atomic mass is 10.1. The van der Waals surface area contributed by atoms with Gasteiger partial charge in [-0.2, -0.15) is 4.68 Å². The number of hydrogen-bond acceptors (Lipinski definition) is 5. The average molecular weight is 288 g/mol. The molecule has 3 rings (SSSR count). The number of rotatable bonds is 3.